The first-order chi connectivity index (χ1) is 3.00. The predicted molar refractivity (Wildman–Crippen MR) is 29.5 cm³/mol. The second-order valence-corrected chi connectivity index (χ2v) is 1.34. The van der Waals surface area contributed by atoms with Crippen LogP contribution >= 0.6 is 0 Å². The molecule has 7 heteroatoms. The number of rotatable bonds is 0. The molecule has 0 aliphatic heterocycles. The van der Waals surface area contributed by atoms with Crippen molar-refractivity contribution in [2.45, 2.75) is 0 Å². The van der Waals surface area contributed by atoms with E-state index in [0.717, 1.165) is 7.11 Å². The van der Waals surface area contributed by atoms with Crippen molar-refractivity contribution in [3.63, 3.8) is 0 Å². The van der Waals surface area contributed by atoms with Gasteiger partial charge in [-0.1, -0.05) is 0 Å². The Labute approximate surface area is 69.6 Å². The van der Waals surface area contributed by atoms with Crippen LogP contribution in [0.1, 0.15) is 0 Å². The molecule has 0 heterocycles. The first-order valence-corrected chi connectivity index (χ1v) is 2.54. The van der Waals surface area contributed by atoms with Crippen molar-refractivity contribution in [2.75, 3.05) is 7.11 Å². The fourth-order valence-electron chi connectivity index (χ4n) is 0. The van der Waals surface area contributed by atoms with Gasteiger partial charge in [-0.2, -0.15) is 8.42 Å². The molecule has 0 radical (unpaired) electrons. The molecule has 0 aromatic rings. The van der Waals surface area contributed by atoms with Crippen molar-refractivity contribution >= 4 is 40.0 Å². The van der Waals surface area contributed by atoms with Gasteiger partial charge in [-0.3, -0.25) is 9.11 Å². The maximum atomic E-state index is 8.74. The van der Waals surface area contributed by atoms with E-state index in [9.17, 15) is 0 Å². The zero-order valence-electron chi connectivity index (χ0n) is 3.57. The van der Waals surface area contributed by atoms with Gasteiger partial charge < -0.3 is 5.11 Å². The molecule has 0 aliphatic rings. The van der Waals surface area contributed by atoms with Crippen LogP contribution in [0.3, 0.4) is 0 Å². The van der Waals surface area contributed by atoms with Gasteiger partial charge >= 0.3 is 40.0 Å². The summed E-state index contributed by atoms with van der Waals surface area (Å²) in [6, 6.07) is 0. The summed E-state index contributed by atoms with van der Waals surface area (Å²) < 4.78 is 31.6. The topological polar surface area (TPSA) is 94.8 Å². The van der Waals surface area contributed by atoms with Crippen LogP contribution in [-0.2, 0) is 10.4 Å². The molecule has 0 bridgehead atoms. The third-order valence-corrected chi connectivity index (χ3v) is 0. The monoisotopic (exact) mass is 154 g/mol. The van der Waals surface area contributed by atoms with E-state index >= 15 is 0 Å². The van der Waals surface area contributed by atoms with E-state index in [1.165, 1.54) is 0 Å². The van der Waals surface area contributed by atoms with E-state index < -0.39 is 10.4 Å². The van der Waals surface area contributed by atoms with Crippen molar-refractivity contribution < 1.29 is 22.6 Å². The molecule has 0 atom stereocenters. The Hall–Kier alpha value is 0.830. The zero-order chi connectivity index (χ0) is 6.50. The van der Waals surface area contributed by atoms with Crippen LogP contribution in [0.5, 0.6) is 0 Å². The fraction of sp³-hybridized carbons (Fsp3) is 1.00. The fourth-order valence-corrected chi connectivity index (χ4v) is 0. The Morgan fingerprint density at radius 1 is 1.12 bits per heavy atom. The van der Waals surface area contributed by atoms with Crippen LogP contribution in [0.2, 0.25) is 0 Å². The summed E-state index contributed by atoms with van der Waals surface area (Å²) >= 11 is 0. The molecule has 0 saturated heterocycles. The van der Waals surface area contributed by atoms with Crippen molar-refractivity contribution in [1.29, 1.82) is 0 Å². The molecule has 0 saturated carbocycles. The normalized spacial score (nSPS) is 8.00. The van der Waals surface area contributed by atoms with Crippen LogP contribution in [0.15, 0.2) is 0 Å². The Balaban J connectivity index is -0.0000000750. The Morgan fingerprint density at radius 3 is 1.12 bits per heavy atom. The van der Waals surface area contributed by atoms with E-state index in [0.29, 0.717) is 0 Å². The van der Waals surface area contributed by atoms with Crippen molar-refractivity contribution in [3.8, 4) is 0 Å². The van der Waals surface area contributed by atoms with E-state index in [2.05, 4.69) is 0 Å². The Bertz CT molecular complexity index is 95.6. The molecule has 0 aromatic heterocycles. The summed E-state index contributed by atoms with van der Waals surface area (Å²) in [6.07, 6.45) is 0. The van der Waals surface area contributed by atoms with Crippen molar-refractivity contribution in [3.05, 3.63) is 0 Å². The molecule has 0 spiro atoms. The molecule has 3 N–H and O–H groups in total. The number of hydrogen-bond donors (Lipinski definition) is 3. The van der Waals surface area contributed by atoms with Crippen molar-refractivity contribution in [1.82, 2.24) is 0 Å². The first kappa shape index (κ1) is 15.9. The average Bonchev–Trinajstić information content (AvgIpc) is 1.36. The quantitative estimate of drug-likeness (QED) is 0.286. The van der Waals surface area contributed by atoms with Crippen LogP contribution < -0.4 is 0 Å². The van der Waals surface area contributed by atoms with Gasteiger partial charge in [-0.15, -0.1) is 0 Å². The van der Waals surface area contributed by atoms with Gasteiger partial charge in [-0.25, -0.2) is 0 Å². The summed E-state index contributed by atoms with van der Waals surface area (Å²) in [5.74, 6) is 0. The molecule has 0 amide bonds. The molecular weight excluding hydrogens is 147 g/mol. The molecule has 48 valence electrons. The summed E-state index contributed by atoms with van der Waals surface area (Å²) in [5, 5.41) is 7.00. The molecule has 0 fully saturated rings. The number of aliphatic hydroxyl groups excluding tert-OH is 1. The van der Waals surface area contributed by atoms with Crippen LogP contribution in [0, 0.1) is 0 Å². The van der Waals surface area contributed by atoms with Gasteiger partial charge in [0.15, 0.2) is 0 Å². The second-order valence-electron chi connectivity index (χ2n) is 0.448. The van der Waals surface area contributed by atoms with Crippen molar-refractivity contribution in [2.24, 2.45) is 0 Å². The van der Waals surface area contributed by atoms with Gasteiger partial charge in [0, 0.05) is 7.11 Å². The van der Waals surface area contributed by atoms with E-state index in [1.807, 2.05) is 0 Å². The standard InChI is InChI=1S/CH4O.Na.H2O4S.H/c1-2;;1-5(2,3)4;/h2H,1H3;;(H2,1,2,3,4);. The van der Waals surface area contributed by atoms with E-state index in [-0.39, 0.29) is 29.6 Å². The summed E-state index contributed by atoms with van der Waals surface area (Å²) in [5.41, 5.74) is 0. The van der Waals surface area contributed by atoms with Gasteiger partial charge in [0.05, 0.1) is 0 Å². The summed E-state index contributed by atoms with van der Waals surface area (Å²) in [6.45, 7) is 0. The second kappa shape index (κ2) is 7.83. The minimum absolute atomic E-state index is 0. The molecule has 0 aliphatic carbocycles. The third kappa shape index (κ3) is 337. The Kier molecular flexibility index (Phi) is 15.6. The summed E-state index contributed by atoms with van der Waals surface area (Å²) in [4.78, 5) is 0. The van der Waals surface area contributed by atoms with Crippen LogP contribution in [0.4, 0.5) is 0 Å². The predicted octanol–water partition coefficient (Wildman–Crippen LogP) is -1.69. The zero-order valence-corrected chi connectivity index (χ0v) is 4.38. The Morgan fingerprint density at radius 2 is 1.12 bits per heavy atom. The third-order valence-electron chi connectivity index (χ3n) is 0. The average molecular weight is 154 g/mol. The minimum atomic E-state index is -4.67. The SMILES string of the molecule is CO.O=S(=O)(O)O.[NaH]. The van der Waals surface area contributed by atoms with Crippen LogP contribution in [-0.4, -0.2) is 59.3 Å². The molecule has 5 nitrogen and oxygen atoms in total. The first-order valence-electron chi connectivity index (χ1n) is 1.15. The van der Waals surface area contributed by atoms with E-state index in [1.54, 1.807) is 0 Å². The van der Waals surface area contributed by atoms with E-state index in [4.69, 9.17) is 22.6 Å². The molecule has 0 rings (SSSR count). The molecule has 0 aromatic carbocycles. The maximum absolute atomic E-state index is 8.74. The van der Waals surface area contributed by atoms with Gasteiger partial charge in [-0.05, 0) is 0 Å². The van der Waals surface area contributed by atoms with Crippen LogP contribution in [0.25, 0.3) is 0 Å². The van der Waals surface area contributed by atoms with Gasteiger partial charge in [0.2, 0.25) is 0 Å². The molecular formula is CH7NaO5S. The number of aliphatic hydroxyl groups is 1. The summed E-state index contributed by atoms with van der Waals surface area (Å²) in [7, 11) is -3.67. The molecule has 0 unspecified atom stereocenters. The van der Waals surface area contributed by atoms with Gasteiger partial charge in [0.25, 0.3) is 0 Å². The molecule has 8 heavy (non-hydrogen) atoms. The van der Waals surface area contributed by atoms with Gasteiger partial charge in [0.1, 0.15) is 0 Å². The number of hydrogen-bond acceptors (Lipinski definition) is 3.